The van der Waals surface area contributed by atoms with Crippen LogP contribution in [0.25, 0.3) is 0 Å². The third-order valence-electron chi connectivity index (χ3n) is 3.64. The number of carboxylic acid groups (broad SMARTS) is 1. The minimum Gasteiger partial charge on any atom is -0.480 e. The van der Waals surface area contributed by atoms with E-state index in [0.717, 1.165) is 12.0 Å². The van der Waals surface area contributed by atoms with Crippen LogP contribution in [-0.2, 0) is 14.8 Å². The first-order valence-corrected chi connectivity index (χ1v) is 9.62. The predicted molar refractivity (Wildman–Crippen MR) is 78.8 cm³/mol. The Kier molecular flexibility index (Phi) is 4.99. The summed E-state index contributed by atoms with van der Waals surface area (Å²) in [4.78, 5) is 26.6. The number of piperazine rings is 1. The molecule has 2 aliphatic rings. The Morgan fingerprint density at radius 1 is 1.14 bits per heavy atom. The largest absolute Gasteiger partial charge is 0.480 e. The van der Waals surface area contributed by atoms with Crippen molar-refractivity contribution in [3.63, 3.8) is 0 Å². The Labute approximate surface area is 128 Å². The van der Waals surface area contributed by atoms with Crippen LogP contribution < -0.4 is 0 Å². The molecule has 0 spiro atoms. The molecule has 2 fully saturated rings. The van der Waals surface area contributed by atoms with Gasteiger partial charge in [0.15, 0.2) is 0 Å². The number of urea groups is 1. The second kappa shape index (κ2) is 6.41. The summed E-state index contributed by atoms with van der Waals surface area (Å²) < 4.78 is 24.2. The maximum absolute atomic E-state index is 12.4. The van der Waals surface area contributed by atoms with Gasteiger partial charge in [-0.25, -0.2) is 18.0 Å². The summed E-state index contributed by atoms with van der Waals surface area (Å²) in [6.07, 6.45) is 1.15. The molecule has 120 valence electrons. The first kappa shape index (κ1) is 16.4. The van der Waals surface area contributed by atoms with Crippen LogP contribution in [0.3, 0.4) is 0 Å². The van der Waals surface area contributed by atoms with E-state index in [9.17, 15) is 23.1 Å². The fourth-order valence-corrected chi connectivity index (χ4v) is 4.29. The van der Waals surface area contributed by atoms with E-state index in [1.54, 1.807) is 0 Å². The molecule has 0 bridgehead atoms. The van der Waals surface area contributed by atoms with Crippen LogP contribution in [0, 0.1) is 0 Å². The second-order valence-electron chi connectivity index (χ2n) is 5.05. The molecule has 0 aromatic rings. The van der Waals surface area contributed by atoms with E-state index in [1.165, 1.54) is 25.9 Å². The number of hydrogen-bond donors (Lipinski definition) is 1. The summed E-state index contributed by atoms with van der Waals surface area (Å²) in [5, 5.41) is 9.19. The van der Waals surface area contributed by atoms with E-state index >= 15 is 0 Å². The molecule has 1 atom stereocenters. The zero-order valence-electron chi connectivity index (χ0n) is 11.8. The fraction of sp³-hybridized carbons (Fsp3) is 0.818. The summed E-state index contributed by atoms with van der Waals surface area (Å²) in [5.41, 5.74) is 0. The molecule has 2 rings (SSSR count). The van der Waals surface area contributed by atoms with Crippen LogP contribution in [0.1, 0.15) is 0 Å². The molecular formula is C11H19N3O5S2. The number of nitrogens with zero attached hydrogens (tertiary/aromatic N) is 3. The van der Waals surface area contributed by atoms with Gasteiger partial charge in [-0.2, -0.15) is 16.1 Å². The number of carbonyl (C=O) groups excluding carboxylic acids is 1. The number of amides is 2. The maximum Gasteiger partial charge on any atom is 0.327 e. The monoisotopic (exact) mass is 337 g/mol. The van der Waals surface area contributed by atoms with Gasteiger partial charge in [0.25, 0.3) is 0 Å². The van der Waals surface area contributed by atoms with E-state index in [2.05, 4.69) is 0 Å². The van der Waals surface area contributed by atoms with E-state index in [1.807, 2.05) is 0 Å². The second-order valence-corrected chi connectivity index (χ2v) is 8.19. The highest BCUT2D eigenvalue weighted by atomic mass is 32.2. The van der Waals surface area contributed by atoms with Crippen molar-refractivity contribution in [1.82, 2.24) is 14.1 Å². The molecular weight excluding hydrogens is 318 g/mol. The lowest BCUT2D eigenvalue weighted by Gasteiger charge is -2.39. The summed E-state index contributed by atoms with van der Waals surface area (Å²) in [6, 6.07) is -1.11. The van der Waals surface area contributed by atoms with E-state index < -0.39 is 22.0 Å². The first-order chi connectivity index (χ1) is 9.80. The zero-order valence-corrected chi connectivity index (χ0v) is 13.4. The van der Waals surface area contributed by atoms with Crippen molar-refractivity contribution in [2.24, 2.45) is 0 Å². The average Bonchev–Trinajstić information content (AvgIpc) is 2.45. The van der Waals surface area contributed by atoms with Crippen LogP contribution in [0.2, 0.25) is 0 Å². The first-order valence-electron chi connectivity index (χ1n) is 6.62. The number of aliphatic carboxylic acids is 1. The van der Waals surface area contributed by atoms with Gasteiger partial charge in [-0.05, 0) is 0 Å². The van der Waals surface area contributed by atoms with Crippen molar-refractivity contribution in [3.05, 3.63) is 0 Å². The summed E-state index contributed by atoms with van der Waals surface area (Å²) >= 11 is 1.52. The highest BCUT2D eigenvalue weighted by Gasteiger charge is 2.36. The van der Waals surface area contributed by atoms with Crippen LogP contribution in [-0.4, -0.2) is 96.2 Å². The fourth-order valence-electron chi connectivity index (χ4n) is 2.43. The van der Waals surface area contributed by atoms with Gasteiger partial charge < -0.3 is 14.9 Å². The molecule has 2 amide bonds. The molecule has 8 nitrogen and oxygen atoms in total. The third kappa shape index (κ3) is 3.80. The number of carbonyl (C=O) groups is 2. The SMILES string of the molecule is CS(=O)(=O)N1CCN(C(=O)N2CCSCC2C(=O)O)CC1. The summed E-state index contributed by atoms with van der Waals surface area (Å²) in [7, 11) is -3.24. The van der Waals surface area contributed by atoms with Gasteiger partial charge >= 0.3 is 12.0 Å². The molecule has 0 saturated carbocycles. The molecule has 2 heterocycles. The lowest BCUT2D eigenvalue weighted by atomic mass is 10.2. The van der Waals surface area contributed by atoms with Crippen molar-refractivity contribution in [2.45, 2.75) is 6.04 Å². The van der Waals surface area contributed by atoms with Crippen molar-refractivity contribution in [1.29, 1.82) is 0 Å². The average molecular weight is 337 g/mol. The summed E-state index contributed by atoms with van der Waals surface area (Å²) in [6.45, 7) is 1.51. The molecule has 2 saturated heterocycles. The third-order valence-corrected chi connectivity index (χ3v) is 5.96. The Hall–Kier alpha value is -1.00. The van der Waals surface area contributed by atoms with Crippen LogP contribution in [0.4, 0.5) is 4.79 Å². The van der Waals surface area contributed by atoms with E-state index in [-0.39, 0.29) is 19.1 Å². The van der Waals surface area contributed by atoms with Crippen LogP contribution >= 0.6 is 11.8 Å². The minimum absolute atomic E-state index is 0.255. The normalized spacial score (nSPS) is 24.9. The van der Waals surface area contributed by atoms with Crippen molar-refractivity contribution in [2.75, 3.05) is 50.5 Å². The maximum atomic E-state index is 12.4. The molecule has 0 aromatic heterocycles. The van der Waals surface area contributed by atoms with Gasteiger partial charge in [-0.15, -0.1) is 0 Å². The molecule has 0 radical (unpaired) electrons. The van der Waals surface area contributed by atoms with Crippen molar-refractivity contribution < 1.29 is 23.1 Å². The zero-order chi connectivity index (χ0) is 15.6. The number of hydrogen-bond acceptors (Lipinski definition) is 5. The van der Waals surface area contributed by atoms with Gasteiger partial charge in [0.2, 0.25) is 10.0 Å². The highest BCUT2D eigenvalue weighted by molar-refractivity contribution is 7.99. The van der Waals surface area contributed by atoms with Crippen LogP contribution in [0.15, 0.2) is 0 Å². The molecule has 10 heteroatoms. The van der Waals surface area contributed by atoms with Gasteiger partial charge in [-0.3, -0.25) is 0 Å². The molecule has 1 unspecified atom stereocenters. The predicted octanol–water partition coefficient (Wildman–Crippen LogP) is -0.814. The molecule has 2 aliphatic heterocycles. The smallest absolute Gasteiger partial charge is 0.327 e. The number of carboxylic acids is 1. The number of rotatable bonds is 2. The van der Waals surface area contributed by atoms with Gasteiger partial charge in [-0.1, -0.05) is 0 Å². The molecule has 0 aromatic carbocycles. The lowest BCUT2D eigenvalue weighted by Crippen LogP contribution is -2.58. The minimum atomic E-state index is -3.24. The number of sulfonamides is 1. The van der Waals surface area contributed by atoms with Gasteiger partial charge in [0.05, 0.1) is 6.26 Å². The van der Waals surface area contributed by atoms with Gasteiger partial charge in [0.1, 0.15) is 6.04 Å². The standard InChI is InChI=1S/C11H19N3O5S2/c1-21(18,19)13-4-2-12(3-5-13)11(17)14-6-7-20-8-9(14)10(15)16/h9H,2-8H2,1H3,(H,15,16). The quantitative estimate of drug-likeness (QED) is 0.707. The van der Waals surface area contributed by atoms with Crippen LogP contribution in [0.5, 0.6) is 0 Å². The lowest BCUT2D eigenvalue weighted by molar-refractivity contribution is -0.141. The summed E-state index contributed by atoms with van der Waals surface area (Å²) in [5.74, 6) is 0.119. The molecule has 1 N–H and O–H groups in total. The van der Waals surface area contributed by atoms with Gasteiger partial charge in [0, 0.05) is 44.2 Å². The van der Waals surface area contributed by atoms with Crippen molar-refractivity contribution in [3.8, 4) is 0 Å². The molecule has 0 aliphatic carbocycles. The topological polar surface area (TPSA) is 98.2 Å². The van der Waals surface area contributed by atoms with E-state index in [0.29, 0.717) is 25.4 Å². The van der Waals surface area contributed by atoms with Crippen molar-refractivity contribution >= 4 is 33.8 Å². The molecule has 21 heavy (non-hydrogen) atoms. The Bertz CT molecular complexity index is 516. The number of thioether (sulfide) groups is 1. The Balaban J connectivity index is 1.99. The Morgan fingerprint density at radius 2 is 1.76 bits per heavy atom. The Morgan fingerprint density at radius 3 is 2.29 bits per heavy atom. The highest BCUT2D eigenvalue weighted by Crippen LogP contribution is 2.19. The van der Waals surface area contributed by atoms with E-state index in [4.69, 9.17) is 0 Å².